The van der Waals surface area contributed by atoms with Gasteiger partial charge in [0.25, 0.3) is 0 Å². The van der Waals surface area contributed by atoms with Crippen LogP contribution in [0, 0.1) is 0 Å². The average molecular weight is 273 g/mol. The molecule has 0 radical (unpaired) electrons. The Morgan fingerprint density at radius 2 is 2.20 bits per heavy atom. The fraction of sp³-hybridized carbons (Fsp3) is 0.312. The Labute approximate surface area is 118 Å². The van der Waals surface area contributed by atoms with Crippen LogP contribution in [0.5, 0.6) is 5.75 Å². The first-order valence-electron chi connectivity index (χ1n) is 6.76. The minimum absolute atomic E-state index is 0.00162. The third-order valence-corrected chi connectivity index (χ3v) is 3.04. The van der Waals surface area contributed by atoms with Gasteiger partial charge in [0, 0.05) is 12.0 Å². The van der Waals surface area contributed by atoms with Gasteiger partial charge in [-0.05, 0) is 36.8 Å². The molecule has 0 saturated carbocycles. The smallest absolute Gasteiger partial charge is 0.224 e. The molecule has 106 valence electrons. The van der Waals surface area contributed by atoms with E-state index in [-0.39, 0.29) is 5.91 Å². The lowest BCUT2D eigenvalue weighted by Gasteiger charge is -2.11. The molecule has 0 fully saturated rings. The van der Waals surface area contributed by atoms with Crippen LogP contribution in [-0.2, 0) is 4.79 Å². The molecule has 2 aromatic rings. The predicted octanol–water partition coefficient (Wildman–Crippen LogP) is 4.08. The largest absolute Gasteiger partial charge is 0.495 e. The Kier molecular flexibility index (Phi) is 4.82. The van der Waals surface area contributed by atoms with Crippen molar-refractivity contribution in [3.8, 4) is 17.1 Å². The molecule has 20 heavy (non-hydrogen) atoms. The van der Waals surface area contributed by atoms with Crippen molar-refractivity contribution in [1.82, 2.24) is 0 Å². The second kappa shape index (κ2) is 6.80. The Hall–Kier alpha value is -2.23. The monoisotopic (exact) mass is 273 g/mol. The van der Waals surface area contributed by atoms with Gasteiger partial charge in [0.1, 0.15) is 11.5 Å². The summed E-state index contributed by atoms with van der Waals surface area (Å²) in [5, 5.41) is 2.89. The van der Waals surface area contributed by atoms with E-state index in [1.807, 2.05) is 30.3 Å². The fourth-order valence-electron chi connectivity index (χ4n) is 1.95. The van der Waals surface area contributed by atoms with Gasteiger partial charge in [0.15, 0.2) is 0 Å². The number of ether oxygens (including phenoxy) is 1. The first kappa shape index (κ1) is 14.2. The molecule has 1 aromatic heterocycles. The topological polar surface area (TPSA) is 51.5 Å². The van der Waals surface area contributed by atoms with E-state index in [9.17, 15) is 4.79 Å². The number of rotatable bonds is 6. The van der Waals surface area contributed by atoms with Crippen LogP contribution < -0.4 is 10.1 Å². The van der Waals surface area contributed by atoms with Crippen LogP contribution in [0.3, 0.4) is 0 Å². The number of hydrogen-bond donors (Lipinski definition) is 1. The van der Waals surface area contributed by atoms with E-state index in [1.54, 1.807) is 13.4 Å². The van der Waals surface area contributed by atoms with Gasteiger partial charge in [-0.15, -0.1) is 0 Å². The van der Waals surface area contributed by atoms with Gasteiger partial charge in [0.05, 0.1) is 19.1 Å². The first-order chi connectivity index (χ1) is 9.74. The van der Waals surface area contributed by atoms with Gasteiger partial charge in [-0.1, -0.05) is 13.3 Å². The fourth-order valence-corrected chi connectivity index (χ4v) is 1.95. The first-order valence-corrected chi connectivity index (χ1v) is 6.76. The summed E-state index contributed by atoms with van der Waals surface area (Å²) in [5.74, 6) is 1.41. The van der Waals surface area contributed by atoms with E-state index < -0.39 is 0 Å². The molecular weight excluding hydrogens is 254 g/mol. The van der Waals surface area contributed by atoms with Crippen molar-refractivity contribution in [2.24, 2.45) is 0 Å². The third-order valence-electron chi connectivity index (χ3n) is 3.04. The number of hydrogen-bond acceptors (Lipinski definition) is 3. The zero-order valence-corrected chi connectivity index (χ0v) is 11.8. The molecule has 0 aliphatic rings. The van der Waals surface area contributed by atoms with Gasteiger partial charge >= 0.3 is 0 Å². The second-order valence-electron chi connectivity index (χ2n) is 4.54. The Bertz CT molecular complexity index is 561. The molecule has 4 nitrogen and oxygen atoms in total. The van der Waals surface area contributed by atoms with Crippen molar-refractivity contribution in [1.29, 1.82) is 0 Å². The van der Waals surface area contributed by atoms with Crippen LogP contribution in [0.15, 0.2) is 41.0 Å². The predicted molar refractivity (Wildman–Crippen MR) is 78.9 cm³/mol. The zero-order valence-electron chi connectivity index (χ0n) is 11.8. The molecule has 0 aliphatic heterocycles. The maximum absolute atomic E-state index is 11.8. The number of benzene rings is 1. The Morgan fingerprint density at radius 3 is 2.85 bits per heavy atom. The summed E-state index contributed by atoms with van der Waals surface area (Å²) in [4.78, 5) is 11.8. The summed E-state index contributed by atoms with van der Waals surface area (Å²) in [6, 6.07) is 9.30. The minimum Gasteiger partial charge on any atom is -0.495 e. The Balaban J connectivity index is 2.21. The van der Waals surface area contributed by atoms with Gasteiger partial charge < -0.3 is 14.5 Å². The van der Waals surface area contributed by atoms with Gasteiger partial charge in [0.2, 0.25) is 5.91 Å². The number of carbonyl (C=O) groups is 1. The molecule has 1 amide bonds. The molecule has 0 spiro atoms. The van der Waals surface area contributed by atoms with Crippen molar-refractivity contribution in [3.63, 3.8) is 0 Å². The van der Waals surface area contributed by atoms with E-state index in [0.29, 0.717) is 17.9 Å². The van der Waals surface area contributed by atoms with Crippen molar-refractivity contribution in [3.05, 3.63) is 36.6 Å². The molecule has 1 aromatic carbocycles. The van der Waals surface area contributed by atoms with Crippen LogP contribution >= 0.6 is 0 Å². The van der Waals surface area contributed by atoms with Gasteiger partial charge in [-0.3, -0.25) is 4.79 Å². The SMILES string of the molecule is CCCCC(=O)Nc1cc(-c2ccco2)ccc1OC. The van der Waals surface area contributed by atoms with Crippen LogP contribution in [0.1, 0.15) is 26.2 Å². The summed E-state index contributed by atoms with van der Waals surface area (Å²) < 4.78 is 10.6. The molecule has 2 rings (SSSR count). The van der Waals surface area contributed by atoms with Crippen LogP contribution in [-0.4, -0.2) is 13.0 Å². The Morgan fingerprint density at radius 1 is 1.35 bits per heavy atom. The summed E-state index contributed by atoms with van der Waals surface area (Å²) in [7, 11) is 1.59. The standard InChI is InChI=1S/C16H19NO3/c1-3-4-7-16(18)17-13-11-12(8-9-15(13)19-2)14-6-5-10-20-14/h5-6,8-11H,3-4,7H2,1-2H3,(H,17,18). The highest BCUT2D eigenvalue weighted by atomic mass is 16.5. The van der Waals surface area contributed by atoms with Crippen molar-refractivity contribution in [2.45, 2.75) is 26.2 Å². The van der Waals surface area contributed by atoms with E-state index in [1.165, 1.54) is 0 Å². The molecule has 0 bridgehead atoms. The lowest BCUT2D eigenvalue weighted by Crippen LogP contribution is -2.11. The van der Waals surface area contributed by atoms with Gasteiger partial charge in [-0.2, -0.15) is 0 Å². The molecule has 1 heterocycles. The number of unbranched alkanes of at least 4 members (excludes halogenated alkanes) is 1. The van der Waals surface area contributed by atoms with Crippen LogP contribution in [0.2, 0.25) is 0 Å². The lowest BCUT2D eigenvalue weighted by molar-refractivity contribution is -0.116. The number of methoxy groups -OCH3 is 1. The summed E-state index contributed by atoms with van der Waals surface area (Å²) >= 11 is 0. The van der Waals surface area contributed by atoms with E-state index in [2.05, 4.69) is 12.2 Å². The van der Waals surface area contributed by atoms with E-state index >= 15 is 0 Å². The molecule has 0 unspecified atom stereocenters. The third kappa shape index (κ3) is 3.41. The van der Waals surface area contributed by atoms with Crippen LogP contribution in [0.4, 0.5) is 5.69 Å². The van der Waals surface area contributed by atoms with Crippen molar-refractivity contribution >= 4 is 11.6 Å². The number of nitrogens with one attached hydrogen (secondary N) is 1. The summed E-state index contributed by atoms with van der Waals surface area (Å²) in [6.07, 6.45) is 4.02. The molecule has 0 saturated heterocycles. The summed E-state index contributed by atoms with van der Waals surface area (Å²) in [5.41, 5.74) is 1.57. The molecule has 0 atom stereocenters. The van der Waals surface area contributed by atoms with E-state index in [4.69, 9.17) is 9.15 Å². The molecular formula is C16H19NO3. The number of furan rings is 1. The highest BCUT2D eigenvalue weighted by Gasteiger charge is 2.10. The normalized spacial score (nSPS) is 10.3. The van der Waals surface area contributed by atoms with Gasteiger partial charge in [-0.25, -0.2) is 0 Å². The molecule has 0 aliphatic carbocycles. The van der Waals surface area contributed by atoms with Crippen LogP contribution in [0.25, 0.3) is 11.3 Å². The quantitative estimate of drug-likeness (QED) is 0.862. The summed E-state index contributed by atoms with van der Waals surface area (Å²) in [6.45, 7) is 2.06. The maximum atomic E-state index is 11.8. The second-order valence-corrected chi connectivity index (χ2v) is 4.54. The number of anilines is 1. The van der Waals surface area contributed by atoms with E-state index in [0.717, 1.165) is 24.2 Å². The number of carbonyl (C=O) groups excluding carboxylic acids is 1. The molecule has 4 heteroatoms. The molecule has 1 N–H and O–H groups in total. The van der Waals surface area contributed by atoms with Crippen molar-refractivity contribution < 1.29 is 13.9 Å². The lowest BCUT2D eigenvalue weighted by atomic mass is 10.1. The highest BCUT2D eigenvalue weighted by molar-refractivity contribution is 5.93. The highest BCUT2D eigenvalue weighted by Crippen LogP contribution is 2.31. The number of amides is 1. The average Bonchev–Trinajstić information content (AvgIpc) is 2.99. The maximum Gasteiger partial charge on any atom is 0.224 e. The minimum atomic E-state index is 0.00162. The zero-order chi connectivity index (χ0) is 14.4. The van der Waals surface area contributed by atoms with Crippen molar-refractivity contribution in [2.75, 3.05) is 12.4 Å².